The summed E-state index contributed by atoms with van der Waals surface area (Å²) in [4.78, 5) is 24.1. The third-order valence-electron chi connectivity index (χ3n) is 4.70. The lowest BCUT2D eigenvalue weighted by Crippen LogP contribution is -2.41. The van der Waals surface area contributed by atoms with E-state index in [2.05, 4.69) is 5.32 Å². The molecule has 104 valence electrons. The molecule has 1 fully saturated rings. The Kier molecular flexibility index (Phi) is 2.91. The molecule has 0 saturated heterocycles. The van der Waals surface area contributed by atoms with Gasteiger partial charge in [-0.15, -0.1) is 0 Å². The van der Waals surface area contributed by atoms with Crippen LogP contribution in [0.15, 0.2) is 11.3 Å². The highest BCUT2D eigenvalue weighted by Crippen LogP contribution is 2.44. The van der Waals surface area contributed by atoms with Crippen molar-refractivity contribution < 1.29 is 14.3 Å². The number of esters is 1. The second-order valence-electron chi connectivity index (χ2n) is 6.45. The third-order valence-corrected chi connectivity index (χ3v) is 4.70. The number of rotatable bonds is 1. The highest BCUT2D eigenvalue weighted by atomic mass is 16.6. The zero-order chi connectivity index (χ0) is 13.6. The first-order valence-electron chi connectivity index (χ1n) is 7.27. The van der Waals surface area contributed by atoms with E-state index in [-0.39, 0.29) is 17.8 Å². The Labute approximate surface area is 113 Å². The SMILES string of the molecule is CC1(C)OC(=O)C2=C1NC(=O)C[C@H]2C1CCCCC1. The van der Waals surface area contributed by atoms with Crippen molar-refractivity contribution in [1.82, 2.24) is 5.32 Å². The molecule has 0 bridgehead atoms. The summed E-state index contributed by atoms with van der Waals surface area (Å²) in [6, 6.07) is 0. The molecule has 1 amide bonds. The minimum atomic E-state index is -0.685. The zero-order valence-electron chi connectivity index (χ0n) is 11.6. The summed E-state index contributed by atoms with van der Waals surface area (Å²) in [5.74, 6) is 0.334. The van der Waals surface area contributed by atoms with Gasteiger partial charge in [0.05, 0.1) is 11.3 Å². The standard InChI is InChI=1S/C15H21NO3/c1-15(2)13-12(14(18)19-15)10(8-11(17)16-13)9-6-4-3-5-7-9/h9-10H,3-8H2,1-2H3,(H,16,17)/t10-/m0/s1. The van der Waals surface area contributed by atoms with Crippen LogP contribution >= 0.6 is 0 Å². The number of hydrogen-bond donors (Lipinski definition) is 1. The van der Waals surface area contributed by atoms with Crippen LogP contribution in [0.5, 0.6) is 0 Å². The van der Waals surface area contributed by atoms with Crippen molar-refractivity contribution in [3.05, 3.63) is 11.3 Å². The Bertz CT molecular complexity index is 458. The van der Waals surface area contributed by atoms with Crippen LogP contribution in [0.3, 0.4) is 0 Å². The van der Waals surface area contributed by atoms with Crippen molar-refractivity contribution >= 4 is 11.9 Å². The van der Waals surface area contributed by atoms with Crippen LogP contribution in [0.1, 0.15) is 52.4 Å². The molecule has 2 heterocycles. The van der Waals surface area contributed by atoms with Gasteiger partial charge in [-0.1, -0.05) is 19.3 Å². The number of carbonyl (C=O) groups excluding carboxylic acids is 2. The van der Waals surface area contributed by atoms with E-state index in [0.717, 1.165) is 18.4 Å². The van der Waals surface area contributed by atoms with Gasteiger partial charge in [-0.25, -0.2) is 4.79 Å². The summed E-state index contributed by atoms with van der Waals surface area (Å²) >= 11 is 0. The molecule has 0 aromatic carbocycles. The van der Waals surface area contributed by atoms with Crippen LogP contribution < -0.4 is 5.32 Å². The lowest BCUT2D eigenvalue weighted by Gasteiger charge is -2.33. The minimum absolute atomic E-state index is 0.0284. The largest absolute Gasteiger partial charge is 0.450 e. The second-order valence-corrected chi connectivity index (χ2v) is 6.45. The molecule has 0 spiro atoms. The van der Waals surface area contributed by atoms with Crippen molar-refractivity contribution in [2.24, 2.45) is 11.8 Å². The number of nitrogens with one attached hydrogen (secondary N) is 1. The van der Waals surface area contributed by atoms with Gasteiger partial charge < -0.3 is 10.1 Å². The van der Waals surface area contributed by atoms with Crippen molar-refractivity contribution in [2.45, 2.75) is 58.0 Å². The average molecular weight is 263 g/mol. The zero-order valence-corrected chi connectivity index (χ0v) is 11.6. The molecule has 4 heteroatoms. The monoisotopic (exact) mass is 263 g/mol. The molecule has 3 aliphatic rings. The van der Waals surface area contributed by atoms with E-state index in [4.69, 9.17) is 4.74 Å². The first-order valence-corrected chi connectivity index (χ1v) is 7.27. The Hall–Kier alpha value is -1.32. The molecule has 0 aromatic heterocycles. The number of carbonyl (C=O) groups is 2. The van der Waals surface area contributed by atoms with Gasteiger partial charge in [0, 0.05) is 12.3 Å². The van der Waals surface area contributed by atoms with Gasteiger partial charge in [0.15, 0.2) is 0 Å². The molecule has 0 radical (unpaired) electrons. The molecule has 0 unspecified atom stereocenters. The maximum atomic E-state index is 12.2. The molecular weight excluding hydrogens is 242 g/mol. The summed E-state index contributed by atoms with van der Waals surface area (Å²) in [6.45, 7) is 3.69. The van der Waals surface area contributed by atoms with E-state index in [1.54, 1.807) is 0 Å². The first-order chi connectivity index (χ1) is 8.99. The summed E-state index contributed by atoms with van der Waals surface area (Å²) in [5, 5.41) is 2.86. The number of amides is 1. The molecule has 19 heavy (non-hydrogen) atoms. The van der Waals surface area contributed by atoms with Crippen molar-refractivity contribution in [3.63, 3.8) is 0 Å². The molecule has 1 atom stereocenters. The molecule has 4 nitrogen and oxygen atoms in total. The maximum Gasteiger partial charge on any atom is 0.337 e. The number of hydrogen-bond acceptors (Lipinski definition) is 3. The van der Waals surface area contributed by atoms with Crippen molar-refractivity contribution in [1.29, 1.82) is 0 Å². The fourth-order valence-corrected chi connectivity index (χ4v) is 3.75. The van der Waals surface area contributed by atoms with E-state index in [0.29, 0.717) is 18.0 Å². The Morgan fingerprint density at radius 2 is 1.84 bits per heavy atom. The highest BCUT2D eigenvalue weighted by molar-refractivity contribution is 5.97. The summed E-state index contributed by atoms with van der Waals surface area (Å²) < 4.78 is 5.44. The molecule has 1 aliphatic carbocycles. The van der Waals surface area contributed by atoms with Gasteiger partial charge in [0.25, 0.3) is 0 Å². The van der Waals surface area contributed by atoms with Gasteiger partial charge in [-0.2, -0.15) is 0 Å². The van der Waals surface area contributed by atoms with E-state index < -0.39 is 5.60 Å². The predicted octanol–water partition coefficient (Wildman–Crippen LogP) is 2.29. The van der Waals surface area contributed by atoms with E-state index in [9.17, 15) is 9.59 Å². The summed E-state index contributed by atoms with van der Waals surface area (Å²) in [7, 11) is 0. The second kappa shape index (κ2) is 4.36. The Morgan fingerprint density at radius 3 is 2.53 bits per heavy atom. The normalized spacial score (nSPS) is 30.9. The minimum Gasteiger partial charge on any atom is -0.450 e. The molecule has 1 saturated carbocycles. The third kappa shape index (κ3) is 2.07. The van der Waals surface area contributed by atoms with Gasteiger partial charge in [0.1, 0.15) is 5.60 Å². The van der Waals surface area contributed by atoms with Crippen LogP contribution in [0.4, 0.5) is 0 Å². The fourth-order valence-electron chi connectivity index (χ4n) is 3.75. The molecule has 0 aromatic rings. The van der Waals surface area contributed by atoms with E-state index in [1.165, 1.54) is 19.3 Å². The fraction of sp³-hybridized carbons (Fsp3) is 0.733. The quantitative estimate of drug-likeness (QED) is 0.738. The van der Waals surface area contributed by atoms with E-state index in [1.807, 2.05) is 13.8 Å². The smallest absolute Gasteiger partial charge is 0.337 e. The van der Waals surface area contributed by atoms with Crippen LogP contribution in [-0.2, 0) is 14.3 Å². The van der Waals surface area contributed by atoms with Crippen LogP contribution in [-0.4, -0.2) is 17.5 Å². The molecule has 3 rings (SSSR count). The highest BCUT2D eigenvalue weighted by Gasteiger charge is 2.48. The number of cyclic esters (lactones) is 1. The van der Waals surface area contributed by atoms with Crippen LogP contribution in [0.25, 0.3) is 0 Å². The first kappa shape index (κ1) is 12.7. The van der Waals surface area contributed by atoms with Crippen LogP contribution in [0.2, 0.25) is 0 Å². The predicted molar refractivity (Wildman–Crippen MR) is 70.0 cm³/mol. The van der Waals surface area contributed by atoms with Crippen LogP contribution in [0, 0.1) is 11.8 Å². The summed E-state index contributed by atoms with van der Waals surface area (Å²) in [5.41, 5.74) is 0.774. The summed E-state index contributed by atoms with van der Waals surface area (Å²) in [6.07, 6.45) is 6.39. The van der Waals surface area contributed by atoms with Crippen molar-refractivity contribution in [3.8, 4) is 0 Å². The molecule has 1 N–H and O–H groups in total. The Balaban J connectivity index is 1.97. The maximum absolute atomic E-state index is 12.2. The lowest BCUT2D eigenvalue weighted by atomic mass is 9.73. The van der Waals surface area contributed by atoms with E-state index >= 15 is 0 Å². The van der Waals surface area contributed by atoms with Gasteiger partial charge in [-0.05, 0) is 32.6 Å². The van der Waals surface area contributed by atoms with Gasteiger partial charge in [-0.3, -0.25) is 4.79 Å². The topological polar surface area (TPSA) is 55.4 Å². The molecule has 2 aliphatic heterocycles. The number of ether oxygens (including phenoxy) is 1. The Morgan fingerprint density at radius 1 is 1.16 bits per heavy atom. The van der Waals surface area contributed by atoms with Crippen molar-refractivity contribution in [2.75, 3.05) is 0 Å². The van der Waals surface area contributed by atoms with Gasteiger partial charge >= 0.3 is 5.97 Å². The molecular formula is C15H21NO3. The average Bonchev–Trinajstić information content (AvgIpc) is 2.60. The van der Waals surface area contributed by atoms with Gasteiger partial charge in [0.2, 0.25) is 5.91 Å². The lowest BCUT2D eigenvalue weighted by molar-refractivity contribution is -0.145.